The zero-order valence-corrected chi connectivity index (χ0v) is 29.7. The topological polar surface area (TPSA) is 29.1 Å². The Morgan fingerprint density at radius 3 is 0.881 bits per heavy atom. The van der Waals surface area contributed by atoms with Crippen LogP contribution in [0.5, 0.6) is 0 Å². The predicted molar refractivity (Wildman–Crippen MR) is 190 cm³/mol. The van der Waals surface area contributed by atoms with Crippen LogP contribution in [0.4, 0.5) is 0 Å². The molecule has 0 heterocycles. The van der Waals surface area contributed by atoms with Gasteiger partial charge in [0.05, 0.1) is 0 Å². The van der Waals surface area contributed by atoms with Crippen LogP contribution in [0, 0.1) is 5.92 Å². The van der Waals surface area contributed by atoms with Crippen molar-refractivity contribution in [2.45, 2.75) is 239 Å². The molecule has 0 saturated carbocycles. The molecule has 0 fully saturated rings. The van der Waals surface area contributed by atoms with Gasteiger partial charge in [-0.3, -0.25) is 4.79 Å². The van der Waals surface area contributed by atoms with Crippen LogP contribution in [0.25, 0.3) is 0 Å². The maximum absolute atomic E-state index is 13.1. The van der Waals surface area contributed by atoms with Gasteiger partial charge in [-0.2, -0.15) is 0 Å². The van der Waals surface area contributed by atoms with E-state index in [2.05, 4.69) is 26.1 Å². The summed E-state index contributed by atoms with van der Waals surface area (Å²) < 4.78 is 0. The van der Waals surface area contributed by atoms with Crippen molar-refractivity contribution in [3.05, 3.63) is 0 Å². The van der Waals surface area contributed by atoms with Crippen LogP contribution in [-0.2, 0) is 4.79 Å². The molecule has 0 spiro atoms. The third-order valence-corrected chi connectivity index (χ3v) is 9.51. The Morgan fingerprint density at radius 1 is 0.357 bits per heavy atom. The van der Waals surface area contributed by atoms with Crippen molar-refractivity contribution >= 4 is 5.91 Å². The molecule has 1 amide bonds. The Labute approximate surface area is 267 Å². The van der Waals surface area contributed by atoms with Gasteiger partial charge in [-0.25, -0.2) is 0 Å². The Morgan fingerprint density at radius 2 is 0.595 bits per heavy atom. The highest BCUT2D eigenvalue weighted by atomic mass is 16.1. The van der Waals surface area contributed by atoms with Gasteiger partial charge < -0.3 is 5.32 Å². The largest absolute Gasteiger partial charge is 0.356 e. The third-order valence-electron chi connectivity index (χ3n) is 9.51. The van der Waals surface area contributed by atoms with Crippen molar-refractivity contribution in [2.24, 2.45) is 5.92 Å². The lowest BCUT2D eigenvalue weighted by molar-refractivity contribution is -0.125. The van der Waals surface area contributed by atoms with Gasteiger partial charge in [0.15, 0.2) is 0 Å². The minimum Gasteiger partial charge on any atom is -0.356 e. The molecule has 0 rings (SSSR count). The molecule has 1 N–H and O–H groups in total. The van der Waals surface area contributed by atoms with Crippen molar-refractivity contribution in [1.29, 1.82) is 0 Å². The maximum atomic E-state index is 13.1. The van der Waals surface area contributed by atoms with Crippen LogP contribution in [0.2, 0.25) is 0 Å². The monoisotopic (exact) mass is 592 g/mol. The fraction of sp³-hybridized carbons (Fsp3) is 0.975. The summed E-state index contributed by atoms with van der Waals surface area (Å²) in [6, 6.07) is 0. The number of hydrogen-bond acceptors (Lipinski definition) is 1. The van der Waals surface area contributed by atoms with Gasteiger partial charge in [-0.05, 0) is 19.3 Å². The average Bonchev–Trinajstić information content (AvgIpc) is 3.00. The summed E-state index contributed by atoms with van der Waals surface area (Å²) in [5.41, 5.74) is 0. The molecule has 0 atom stereocenters. The first-order valence-electron chi connectivity index (χ1n) is 20.0. The van der Waals surface area contributed by atoms with Gasteiger partial charge in [0, 0.05) is 12.5 Å². The number of nitrogens with one attached hydrogen (secondary N) is 1. The van der Waals surface area contributed by atoms with Gasteiger partial charge in [0.2, 0.25) is 5.91 Å². The zero-order chi connectivity index (χ0) is 30.6. The summed E-state index contributed by atoms with van der Waals surface area (Å²) in [4.78, 5) is 13.1. The van der Waals surface area contributed by atoms with E-state index in [0.717, 1.165) is 25.8 Å². The molecule has 0 aliphatic carbocycles. The second-order valence-electron chi connectivity index (χ2n) is 13.8. The van der Waals surface area contributed by atoms with Crippen molar-refractivity contribution in [3.63, 3.8) is 0 Å². The molecule has 0 aliphatic rings. The average molecular weight is 592 g/mol. The first-order chi connectivity index (χ1) is 20.8. The van der Waals surface area contributed by atoms with Crippen LogP contribution in [-0.4, -0.2) is 12.5 Å². The highest BCUT2D eigenvalue weighted by Crippen LogP contribution is 2.20. The predicted octanol–water partition coefficient (Wildman–Crippen LogP) is 14.0. The van der Waals surface area contributed by atoms with Gasteiger partial charge in [0.25, 0.3) is 0 Å². The van der Waals surface area contributed by atoms with Crippen molar-refractivity contribution in [2.75, 3.05) is 6.54 Å². The number of amides is 1. The molecule has 0 aromatic rings. The maximum Gasteiger partial charge on any atom is 0.223 e. The van der Waals surface area contributed by atoms with E-state index in [9.17, 15) is 4.79 Å². The van der Waals surface area contributed by atoms with Crippen LogP contribution in [0.1, 0.15) is 239 Å². The Balaban J connectivity index is 3.87. The third kappa shape index (κ3) is 32.4. The van der Waals surface area contributed by atoms with Crippen molar-refractivity contribution in [1.82, 2.24) is 5.32 Å². The summed E-state index contributed by atoms with van der Waals surface area (Å²) in [6.45, 7) is 7.77. The number of hydrogen-bond donors (Lipinski definition) is 1. The minimum atomic E-state index is 0.256. The van der Waals surface area contributed by atoms with E-state index in [0.29, 0.717) is 5.91 Å². The Hall–Kier alpha value is -0.530. The molecule has 2 nitrogen and oxygen atoms in total. The van der Waals surface area contributed by atoms with Crippen LogP contribution in [0.3, 0.4) is 0 Å². The molecule has 0 aromatic heterocycles. The van der Waals surface area contributed by atoms with E-state index in [1.54, 1.807) is 0 Å². The molecule has 42 heavy (non-hydrogen) atoms. The van der Waals surface area contributed by atoms with Gasteiger partial charge in [-0.15, -0.1) is 0 Å². The lowest BCUT2D eigenvalue weighted by Gasteiger charge is -2.17. The quantitative estimate of drug-likeness (QED) is 0.0721. The smallest absolute Gasteiger partial charge is 0.223 e. The molecule has 0 bridgehead atoms. The summed E-state index contributed by atoms with van der Waals surface area (Å²) in [5, 5.41) is 3.34. The molecular formula is C40H81NO. The van der Waals surface area contributed by atoms with Gasteiger partial charge in [0.1, 0.15) is 0 Å². The molecule has 0 saturated heterocycles. The first-order valence-corrected chi connectivity index (χ1v) is 20.0. The standard InChI is InChI=1S/C40H81NO/c1-4-7-10-13-16-19-20-21-22-23-24-25-26-29-32-35-38-41-40(42)39(36-33-30-27-17-14-11-8-5-2)37-34-31-28-18-15-12-9-6-3/h39H,4-38H2,1-3H3,(H,41,42). The number of rotatable bonds is 36. The fourth-order valence-corrected chi connectivity index (χ4v) is 6.48. The van der Waals surface area contributed by atoms with E-state index in [1.165, 1.54) is 199 Å². The fourth-order valence-electron chi connectivity index (χ4n) is 6.48. The molecular weight excluding hydrogens is 510 g/mol. The van der Waals surface area contributed by atoms with Gasteiger partial charge in [-0.1, -0.05) is 220 Å². The SMILES string of the molecule is CCCCCCCCCCCCCCCCCCNC(=O)C(CCCCCCCCCC)CCCCCCCCCC. The van der Waals surface area contributed by atoms with E-state index in [1.807, 2.05) is 0 Å². The Kier molecular flexibility index (Phi) is 36.2. The van der Waals surface area contributed by atoms with E-state index >= 15 is 0 Å². The van der Waals surface area contributed by atoms with E-state index < -0.39 is 0 Å². The molecule has 2 heteroatoms. The molecule has 0 aromatic carbocycles. The highest BCUT2D eigenvalue weighted by Gasteiger charge is 2.17. The zero-order valence-electron chi connectivity index (χ0n) is 29.7. The summed E-state index contributed by atoms with van der Waals surface area (Å²) in [7, 11) is 0. The number of unbranched alkanes of at least 4 members (excludes halogenated alkanes) is 29. The highest BCUT2D eigenvalue weighted by molar-refractivity contribution is 5.78. The second-order valence-corrected chi connectivity index (χ2v) is 13.8. The molecule has 0 aliphatic heterocycles. The van der Waals surface area contributed by atoms with Crippen LogP contribution >= 0.6 is 0 Å². The first kappa shape index (κ1) is 41.5. The number of carbonyl (C=O) groups excluding carboxylic acids is 1. The minimum absolute atomic E-state index is 0.256. The summed E-state index contributed by atoms with van der Waals surface area (Å²) >= 11 is 0. The summed E-state index contributed by atoms with van der Waals surface area (Å²) in [5.74, 6) is 0.619. The normalized spacial score (nSPS) is 11.5. The van der Waals surface area contributed by atoms with Crippen molar-refractivity contribution in [3.8, 4) is 0 Å². The van der Waals surface area contributed by atoms with Crippen LogP contribution in [0.15, 0.2) is 0 Å². The second kappa shape index (κ2) is 36.7. The van der Waals surface area contributed by atoms with Gasteiger partial charge >= 0.3 is 0 Å². The lowest BCUT2D eigenvalue weighted by atomic mass is 9.93. The van der Waals surface area contributed by atoms with Crippen molar-refractivity contribution < 1.29 is 4.79 Å². The van der Waals surface area contributed by atoms with E-state index in [4.69, 9.17) is 0 Å². The lowest BCUT2D eigenvalue weighted by Crippen LogP contribution is -2.31. The van der Waals surface area contributed by atoms with Crippen LogP contribution < -0.4 is 5.32 Å². The molecule has 0 radical (unpaired) electrons. The number of carbonyl (C=O) groups is 1. The summed E-state index contributed by atoms with van der Waals surface area (Å²) in [6.07, 6.45) is 46.2. The van der Waals surface area contributed by atoms with E-state index in [-0.39, 0.29) is 5.92 Å². The molecule has 0 unspecified atom stereocenters. The Bertz CT molecular complexity index is 484. The molecule has 252 valence electrons.